The van der Waals surface area contributed by atoms with E-state index in [2.05, 4.69) is 5.32 Å². The summed E-state index contributed by atoms with van der Waals surface area (Å²) < 4.78 is 35.7. The van der Waals surface area contributed by atoms with Gasteiger partial charge >= 0.3 is 12.1 Å². The van der Waals surface area contributed by atoms with E-state index in [0.29, 0.717) is 5.69 Å². The number of nitrogen functional groups attached to an aromatic ring is 1. The molecule has 100 valence electrons. The highest BCUT2D eigenvalue weighted by atomic mass is 19.4. The van der Waals surface area contributed by atoms with Crippen molar-refractivity contribution in [1.82, 2.24) is 0 Å². The smallest absolute Gasteiger partial charge is 0.389 e. The minimum absolute atomic E-state index is 0.0174. The molecular formula is C11H13F3N2O2. The van der Waals surface area contributed by atoms with Crippen LogP contribution >= 0.6 is 0 Å². The first kappa shape index (κ1) is 14.1. The predicted molar refractivity (Wildman–Crippen MR) is 61.6 cm³/mol. The first-order valence-corrected chi connectivity index (χ1v) is 5.23. The SMILES string of the molecule is Nc1ccc(C(=O)O)c(NCCCC(F)(F)F)c1. The van der Waals surface area contributed by atoms with E-state index >= 15 is 0 Å². The predicted octanol–water partition coefficient (Wildman–Crippen LogP) is 2.72. The third-order valence-electron chi connectivity index (χ3n) is 2.23. The van der Waals surface area contributed by atoms with Gasteiger partial charge in [-0.05, 0) is 24.6 Å². The first-order chi connectivity index (χ1) is 8.29. The Labute approximate surface area is 102 Å². The van der Waals surface area contributed by atoms with E-state index in [9.17, 15) is 18.0 Å². The van der Waals surface area contributed by atoms with Crippen LogP contribution in [-0.2, 0) is 0 Å². The van der Waals surface area contributed by atoms with E-state index < -0.39 is 18.6 Å². The molecule has 0 aromatic heterocycles. The Balaban J connectivity index is 2.61. The van der Waals surface area contributed by atoms with E-state index in [4.69, 9.17) is 10.8 Å². The minimum atomic E-state index is -4.20. The van der Waals surface area contributed by atoms with Gasteiger partial charge in [-0.3, -0.25) is 0 Å². The van der Waals surface area contributed by atoms with Crippen molar-refractivity contribution < 1.29 is 23.1 Å². The van der Waals surface area contributed by atoms with Gasteiger partial charge in [0.15, 0.2) is 0 Å². The molecule has 0 aliphatic heterocycles. The highest BCUT2D eigenvalue weighted by Crippen LogP contribution is 2.22. The van der Waals surface area contributed by atoms with Crippen LogP contribution in [0.15, 0.2) is 18.2 Å². The number of nitrogens with two attached hydrogens (primary N) is 1. The first-order valence-electron chi connectivity index (χ1n) is 5.23. The Kier molecular flexibility index (Phi) is 4.41. The molecule has 4 nitrogen and oxygen atoms in total. The average Bonchev–Trinajstić information content (AvgIpc) is 2.22. The fraction of sp³-hybridized carbons (Fsp3) is 0.364. The standard InChI is InChI=1S/C11H13F3N2O2/c12-11(13,14)4-1-5-16-9-6-7(15)2-3-8(9)10(17)18/h2-3,6,16H,1,4-5,15H2,(H,17,18). The van der Waals surface area contributed by atoms with Crippen LogP contribution in [0, 0.1) is 0 Å². The fourth-order valence-electron chi connectivity index (χ4n) is 1.41. The maximum atomic E-state index is 11.9. The largest absolute Gasteiger partial charge is 0.478 e. The normalized spacial score (nSPS) is 11.3. The monoisotopic (exact) mass is 262 g/mol. The molecule has 0 saturated carbocycles. The van der Waals surface area contributed by atoms with Crippen LogP contribution in [0.1, 0.15) is 23.2 Å². The molecule has 0 unspecified atom stereocenters. The quantitative estimate of drug-likeness (QED) is 0.563. The molecule has 1 aromatic rings. The van der Waals surface area contributed by atoms with E-state index in [1.807, 2.05) is 0 Å². The van der Waals surface area contributed by atoms with Crippen LogP contribution in [-0.4, -0.2) is 23.8 Å². The summed E-state index contributed by atoms with van der Waals surface area (Å²) in [6.45, 7) is 0.0310. The van der Waals surface area contributed by atoms with Crippen molar-refractivity contribution in [1.29, 1.82) is 0 Å². The molecule has 1 aromatic carbocycles. The van der Waals surface area contributed by atoms with Crippen LogP contribution in [0.25, 0.3) is 0 Å². The van der Waals surface area contributed by atoms with Crippen LogP contribution in [0.3, 0.4) is 0 Å². The van der Waals surface area contributed by atoms with Gasteiger partial charge < -0.3 is 16.2 Å². The summed E-state index contributed by atoms with van der Waals surface area (Å²) in [5.41, 5.74) is 6.04. The Hall–Kier alpha value is -1.92. The van der Waals surface area contributed by atoms with Gasteiger partial charge in [0.2, 0.25) is 0 Å². The number of halogens is 3. The highest BCUT2D eigenvalue weighted by molar-refractivity contribution is 5.95. The summed E-state index contributed by atoms with van der Waals surface area (Å²) in [5, 5.41) is 11.5. The van der Waals surface area contributed by atoms with Gasteiger partial charge in [-0.2, -0.15) is 13.2 Å². The van der Waals surface area contributed by atoms with Crippen molar-refractivity contribution in [3.63, 3.8) is 0 Å². The summed E-state index contributed by atoms with van der Waals surface area (Å²) in [5.74, 6) is -1.16. The molecule has 4 N–H and O–H groups in total. The lowest BCUT2D eigenvalue weighted by molar-refractivity contribution is -0.134. The molecule has 0 amide bonds. The number of carboxylic acids is 1. The topological polar surface area (TPSA) is 75.4 Å². The minimum Gasteiger partial charge on any atom is -0.478 e. The van der Waals surface area contributed by atoms with Crippen molar-refractivity contribution >= 4 is 17.3 Å². The fourth-order valence-corrected chi connectivity index (χ4v) is 1.41. The highest BCUT2D eigenvalue weighted by Gasteiger charge is 2.25. The zero-order valence-corrected chi connectivity index (χ0v) is 9.42. The second kappa shape index (κ2) is 5.61. The molecule has 0 aliphatic rings. The summed E-state index contributed by atoms with van der Waals surface area (Å²) >= 11 is 0. The lowest BCUT2D eigenvalue weighted by Gasteiger charge is -2.11. The number of hydrogen-bond acceptors (Lipinski definition) is 3. The zero-order chi connectivity index (χ0) is 13.8. The van der Waals surface area contributed by atoms with E-state index in [1.165, 1.54) is 18.2 Å². The van der Waals surface area contributed by atoms with Gasteiger partial charge in [-0.15, -0.1) is 0 Å². The number of nitrogens with one attached hydrogen (secondary N) is 1. The van der Waals surface area contributed by atoms with E-state index in [0.717, 1.165) is 0 Å². The molecule has 18 heavy (non-hydrogen) atoms. The number of carbonyl (C=O) groups is 1. The van der Waals surface area contributed by atoms with Gasteiger partial charge in [0, 0.05) is 18.7 Å². The van der Waals surface area contributed by atoms with Gasteiger partial charge in [0.05, 0.1) is 11.3 Å². The summed E-state index contributed by atoms with van der Waals surface area (Å²) in [6.07, 6.45) is -5.24. The molecule has 0 saturated heterocycles. The van der Waals surface area contributed by atoms with Crippen molar-refractivity contribution in [3.8, 4) is 0 Å². The molecule has 0 radical (unpaired) electrons. The van der Waals surface area contributed by atoms with Gasteiger partial charge in [0.25, 0.3) is 0 Å². The Morgan fingerprint density at radius 3 is 2.61 bits per heavy atom. The zero-order valence-electron chi connectivity index (χ0n) is 9.42. The molecule has 0 spiro atoms. The van der Waals surface area contributed by atoms with Crippen LogP contribution in [0.2, 0.25) is 0 Å². The van der Waals surface area contributed by atoms with Crippen LogP contribution < -0.4 is 11.1 Å². The number of carboxylic acid groups (broad SMARTS) is 1. The molecule has 1 rings (SSSR count). The number of rotatable bonds is 5. The average molecular weight is 262 g/mol. The third-order valence-corrected chi connectivity index (χ3v) is 2.23. The molecular weight excluding hydrogens is 249 g/mol. The Morgan fingerprint density at radius 1 is 1.39 bits per heavy atom. The lowest BCUT2D eigenvalue weighted by atomic mass is 10.1. The Bertz CT molecular complexity index is 433. The molecule has 0 atom stereocenters. The molecule has 0 bridgehead atoms. The second-order valence-corrected chi connectivity index (χ2v) is 3.76. The number of hydrogen-bond donors (Lipinski definition) is 3. The second-order valence-electron chi connectivity index (χ2n) is 3.76. The van der Waals surface area contributed by atoms with Gasteiger partial charge in [0.1, 0.15) is 0 Å². The lowest BCUT2D eigenvalue weighted by Crippen LogP contribution is -2.12. The van der Waals surface area contributed by atoms with Crippen LogP contribution in [0.5, 0.6) is 0 Å². The van der Waals surface area contributed by atoms with Gasteiger partial charge in [-0.25, -0.2) is 4.79 Å². The van der Waals surface area contributed by atoms with Crippen molar-refractivity contribution in [2.24, 2.45) is 0 Å². The van der Waals surface area contributed by atoms with Crippen molar-refractivity contribution in [3.05, 3.63) is 23.8 Å². The number of anilines is 2. The molecule has 0 heterocycles. The number of benzene rings is 1. The summed E-state index contributed by atoms with van der Waals surface area (Å²) in [6, 6.07) is 4.12. The summed E-state index contributed by atoms with van der Waals surface area (Å²) in [4.78, 5) is 10.9. The number of aromatic carboxylic acids is 1. The Morgan fingerprint density at radius 2 is 2.06 bits per heavy atom. The van der Waals surface area contributed by atoms with Gasteiger partial charge in [-0.1, -0.05) is 0 Å². The molecule has 7 heteroatoms. The maximum Gasteiger partial charge on any atom is 0.389 e. The van der Waals surface area contributed by atoms with Crippen molar-refractivity contribution in [2.75, 3.05) is 17.6 Å². The van der Waals surface area contributed by atoms with Crippen LogP contribution in [0.4, 0.5) is 24.5 Å². The number of alkyl halides is 3. The third kappa shape index (κ3) is 4.52. The van der Waals surface area contributed by atoms with E-state index in [-0.39, 0.29) is 24.2 Å². The maximum absolute atomic E-state index is 11.9. The summed E-state index contributed by atoms with van der Waals surface area (Å²) in [7, 11) is 0. The molecule has 0 fully saturated rings. The molecule has 0 aliphatic carbocycles. The van der Waals surface area contributed by atoms with Crippen molar-refractivity contribution in [2.45, 2.75) is 19.0 Å². The van der Waals surface area contributed by atoms with E-state index in [1.54, 1.807) is 0 Å².